The lowest BCUT2D eigenvalue weighted by Gasteiger charge is -2.03. The molecule has 3 aromatic rings. The molecular weight excluding hydrogens is 230 g/mol. The number of nitrogens with zero attached hydrogens (tertiary/aromatic N) is 6. The molecule has 18 heavy (non-hydrogen) atoms. The Morgan fingerprint density at radius 2 is 1.83 bits per heavy atom. The Kier molecular flexibility index (Phi) is 2.19. The quantitative estimate of drug-likeness (QED) is 0.677. The number of fused-ring (bicyclic) bond motifs is 1. The SMILES string of the molecule is Cc1cc(C)nc(-n2ncc3c(N)ncnc32)n1. The summed E-state index contributed by atoms with van der Waals surface area (Å²) in [5.74, 6) is 0.885. The van der Waals surface area contributed by atoms with Gasteiger partial charge in [0.1, 0.15) is 12.1 Å². The van der Waals surface area contributed by atoms with Crippen LogP contribution in [0.2, 0.25) is 0 Å². The first kappa shape index (κ1) is 10.6. The molecule has 3 rings (SSSR count). The van der Waals surface area contributed by atoms with Gasteiger partial charge in [-0.25, -0.2) is 19.9 Å². The first-order chi connectivity index (χ1) is 8.65. The minimum Gasteiger partial charge on any atom is -0.383 e. The van der Waals surface area contributed by atoms with E-state index >= 15 is 0 Å². The summed E-state index contributed by atoms with van der Waals surface area (Å²) >= 11 is 0. The predicted molar refractivity (Wildman–Crippen MR) is 66.1 cm³/mol. The van der Waals surface area contributed by atoms with Crippen LogP contribution < -0.4 is 5.73 Å². The van der Waals surface area contributed by atoms with Crippen LogP contribution in [-0.2, 0) is 0 Å². The molecule has 2 N–H and O–H groups in total. The smallest absolute Gasteiger partial charge is 0.252 e. The molecule has 7 nitrogen and oxygen atoms in total. The normalized spacial score (nSPS) is 11.0. The molecule has 0 amide bonds. The van der Waals surface area contributed by atoms with Gasteiger partial charge in [-0.3, -0.25) is 0 Å². The van der Waals surface area contributed by atoms with Crippen molar-refractivity contribution in [3.63, 3.8) is 0 Å². The Morgan fingerprint density at radius 3 is 2.56 bits per heavy atom. The molecule has 0 atom stereocenters. The van der Waals surface area contributed by atoms with Crippen molar-refractivity contribution in [3.05, 3.63) is 30.0 Å². The van der Waals surface area contributed by atoms with Crippen LogP contribution >= 0.6 is 0 Å². The van der Waals surface area contributed by atoms with E-state index in [0.717, 1.165) is 11.4 Å². The molecule has 0 radical (unpaired) electrons. The maximum Gasteiger partial charge on any atom is 0.252 e. The molecule has 0 aliphatic rings. The highest BCUT2D eigenvalue weighted by molar-refractivity contribution is 5.85. The summed E-state index contributed by atoms with van der Waals surface area (Å²) in [6.45, 7) is 3.82. The molecular formula is C11H11N7. The lowest BCUT2D eigenvalue weighted by molar-refractivity contribution is 0.807. The first-order valence-corrected chi connectivity index (χ1v) is 5.42. The molecule has 0 unspecified atom stereocenters. The van der Waals surface area contributed by atoms with Crippen LogP contribution in [-0.4, -0.2) is 29.7 Å². The number of anilines is 1. The van der Waals surface area contributed by atoms with Crippen molar-refractivity contribution >= 4 is 16.9 Å². The van der Waals surface area contributed by atoms with Crippen molar-refractivity contribution in [2.75, 3.05) is 5.73 Å². The van der Waals surface area contributed by atoms with Crippen molar-refractivity contribution in [1.29, 1.82) is 0 Å². The molecule has 0 aromatic carbocycles. The van der Waals surface area contributed by atoms with Crippen LogP contribution in [0, 0.1) is 13.8 Å². The fraction of sp³-hybridized carbons (Fsp3) is 0.182. The number of rotatable bonds is 1. The molecule has 0 saturated carbocycles. The van der Waals surface area contributed by atoms with Crippen molar-refractivity contribution < 1.29 is 0 Å². The third kappa shape index (κ3) is 1.56. The van der Waals surface area contributed by atoms with Crippen molar-refractivity contribution in [3.8, 4) is 5.95 Å². The van der Waals surface area contributed by atoms with Gasteiger partial charge >= 0.3 is 0 Å². The highest BCUT2D eigenvalue weighted by Crippen LogP contribution is 2.17. The third-order valence-electron chi connectivity index (χ3n) is 2.56. The minimum atomic E-state index is 0.399. The number of nitrogens with two attached hydrogens (primary N) is 1. The number of aryl methyl sites for hydroxylation is 2. The van der Waals surface area contributed by atoms with E-state index in [-0.39, 0.29) is 0 Å². The van der Waals surface area contributed by atoms with Crippen LogP contribution in [0.25, 0.3) is 17.0 Å². The molecule has 0 saturated heterocycles. The Balaban J connectivity index is 2.29. The fourth-order valence-electron chi connectivity index (χ4n) is 1.81. The largest absolute Gasteiger partial charge is 0.383 e. The second-order valence-corrected chi connectivity index (χ2v) is 4.00. The minimum absolute atomic E-state index is 0.399. The monoisotopic (exact) mass is 241 g/mol. The van der Waals surface area contributed by atoms with E-state index in [4.69, 9.17) is 5.73 Å². The fourth-order valence-corrected chi connectivity index (χ4v) is 1.81. The maximum atomic E-state index is 5.76. The van der Waals surface area contributed by atoms with Gasteiger partial charge in [-0.15, -0.1) is 0 Å². The van der Waals surface area contributed by atoms with Gasteiger partial charge in [-0.1, -0.05) is 0 Å². The summed E-state index contributed by atoms with van der Waals surface area (Å²) in [6, 6.07) is 1.90. The van der Waals surface area contributed by atoms with Crippen LogP contribution in [0.1, 0.15) is 11.4 Å². The van der Waals surface area contributed by atoms with Gasteiger partial charge in [0.2, 0.25) is 0 Å². The van der Waals surface area contributed by atoms with E-state index in [2.05, 4.69) is 25.0 Å². The number of aromatic nitrogens is 6. The van der Waals surface area contributed by atoms with Crippen molar-refractivity contribution in [2.45, 2.75) is 13.8 Å². The van der Waals surface area contributed by atoms with Gasteiger partial charge in [-0.05, 0) is 19.9 Å². The number of nitrogen functional groups attached to an aromatic ring is 1. The number of hydrogen-bond acceptors (Lipinski definition) is 6. The van der Waals surface area contributed by atoms with Crippen LogP contribution in [0.15, 0.2) is 18.6 Å². The maximum absolute atomic E-state index is 5.76. The van der Waals surface area contributed by atoms with Gasteiger partial charge in [0.15, 0.2) is 5.65 Å². The molecule has 0 bridgehead atoms. The summed E-state index contributed by atoms with van der Waals surface area (Å²) in [5.41, 5.74) is 8.12. The zero-order valence-corrected chi connectivity index (χ0v) is 9.99. The van der Waals surface area contributed by atoms with E-state index < -0.39 is 0 Å². The summed E-state index contributed by atoms with van der Waals surface area (Å²) in [6.07, 6.45) is 3.02. The summed E-state index contributed by atoms with van der Waals surface area (Å²) in [5, 5.41) is 4.91. The zero-order valence-electron chi connectivity index (χ0n) is 9.99. The summed E-state index contributed by atoms with van der Waals surface area (Å²) < 4.78 is 1.56. The molecule has 7 heteroatoms. The molecule has 3 heterocycles. The number of hydrogen-bond donors (Lipinski definition) is 1. The molecule has 0 aliphatic carbocycles. The van der Waals surface area contributed by atoms with Crippen LogP contribution in [0.3, 0.4) is 0 Å². The average molecular weight is 241 g/mol. The van der Waals surface area contributed by atoms with E-state index in [1.54, 1.807) is 10.9 Å². The molecule has 0 fully saturated rings. The Labute approximate surface area is 103 Å². The molecule has 90 valence electrons. The second kappa shape index (κ2) is 3.73. The third-order valence-corrected chi connectivity index (χ3v) is 2.56. The topological polar surface area (TPSA) is 95.4 Å². The van der Waals surface area contributed by atoms with Crippen molar-refractivity contribution in [2.24, 2.45) is 0 Å². The van der Waals surface area contributed by atoms with Gasteiger partial charge in [-0.2, -0.15) is 9.78 Å². The van der Waals surface area contributed by atoms with Gasteiger partial charge in [0.25, 0.3) is 5.95 Å². The highest BCUT2D eigenvalue weighted by atomic mass is 15.4. The predicted octanol–water partition coefficient (Wildman–Crippen LogP) is 0.805. The van der Waals surface area contributed by atoms with E-state index in [1.165, 1.54) is 6.33 Å². The Bertz CT molecular complexity index is 711. The molecule has 0 spiro atoms. The standard InChI is InChI=1S/C11H11N7/c1-6-3-7(2)17-11(16-6)18-10-8(4-15-18)9(12)13-5-14-10/h3-5H,1-2H3,(H2,12,13,14). The second-order valence-electron chi connectivity index (χ2n) is 4.00. The van der Waals surface area contributed by atoms with E-state index in [1.807, 2.05) is 19.9 Å². The van der Waals surface area contributed by atoms with Gasteiger partial charge in [0.05, 0.1) is 11.6 Å². The van der Waals surface area contributed by atoms with Gasteiger partial charge < -0.3 is 5.73 Å². The van der Waals surface area contributed by atoms with E-state index in [9.17, 15) is 0 Å². The Morgan fingerprint density at radius 1 is 1.11 bits per heavy atom. The van der Waals surface area contributed by atoms with Gasteiger partial charge in [0, 0.05) is 11.4 Å². The highest BCUT2D eigenvalue weighted by Gasteiger charge is 2.11. The molecule has 0 aliphatic heterocycles. The van der Waals surface area contributed by atoms with Crippen LogP contribution in [0.5, 0.6) is 0 Å². The zero-order chi connectivity index (χ0) is 12.7. The summed E-state index contributed by atoms with van der Waals surface area (Å²) in [7, 11) is 0. The average Bonchev–Trinajstić information content (AvgIpc) is 2.73. The Hall–Kier alpha value is -2.57. The molecule has 3 aromatic heterocycles. The first-order valence-electron chi connectivity index (χ1n) is 5.42. The van der Waals surface area contributed by atoms with Crippen LogP contribution in [0.4, 0.5) is 5.82 Å². The van der Waals surface area contributed by atoms with Crippen molar-refractivity contribution in [1.82, 2.24) is 29.7 Å². The van der Waals surface area contributed by atoms with E-state index in [0.29, 0.717) is 22.8 Å². The lowest BCUT2D eigenvalue weighted by atomic mass is 10.3. The lowest BCUT2D eigenvalue weighted by Crippen LogP contribution is -2.06. The summed E-state index contributed by atoms with van der Waals surface area (Å²) in [4.78, 5) is 16.8.